The minimum Gasteiger partial charge on any atom is -0.347 e. The third-order valence-electron chi connectivity index (χ3n) is 3.68. The number of nitrogens with zero attached hydrogens (tertiary/aromatic N) is 3. The number of hydrogen-bond donors (Lipinski definition) is 1. The van der Waals surface area contributed by atoms with Crippen LogP contribution in [0.5, 0.6) is 0 Å². The molecule has 96 valence electrons. The first-order valence-electron chi connectivity index (χ1n) is 6.34. The highest BCUT2D eigenvalue weighted by atomic mass is 16.2. The number of carbonyl (C=O) groups is 1. The van der Waals surface area contributed by atoms with E-state index in [1.807, 2.05) is 17.8 Å². The van der Waals surface area contributed by atoms with E-state index in [0.29, 0.717) is 19.4 Å². The summed E-state index contributed by atoms with van der Waals surface area (Å²) in [6, 6.07) is 2.22. The molecule has 0 saturated heterocycles. The molecule has 0 aliphatic heterocycles. The minimum atomic E-state index is -0.816. The van der Waals surface area contributed by atoms with Crippen molar-refractivity contribution in [1.82, 2.24) is 14.9 Å². The number of amides is 1. The SMILES string of the molecule is Cn1ccnc1CNC(=O)C1(C#N)CCCCC1. The second kappa shape index (κ2) is 5.21. The van der Waals surface area contributed by atoms with Crippen molar-refractivity contribution in [1.29, 1.82) is 5.26 Å². The second-order valence-corrected chi connectivity index (χ2v) is 4.89. The molecule has 0 unspecified atom stereocenters. The minimum absolute atomic E-state index is 0.146. The summed E-state index contributed by atoms with van der Waals surface area (Å²) >= 11 is 0. The zero-order valence-electron chi connectivity index (χ0n) is 10.6. The third-order valence-corrected chi connectivity index (χ3v) is 3.68. The zero-order chi connectivity index (χ0) is 13.0. The average Bonchev–Trinajstić information content (AvgIpc) is 2.82. The van der Waals surface area contributed by atoms with E-state index >= 15 is 0 Å². The van der Waals surface area contributed by atoms with Gasteiger partial charge in [-0.1, -0.05) is 19.3 Å². The summed E-state index contributed by atoms with van der Waals surface area (Å²) in [7, 11) is 1.88. The predicted molar refractivity (Wildman–Crippen MR) is 66.2 cm³/mol. The molecule has 1 heterocycles. The standard InChI is InChI=1S/C13H18N4O/c1-17-8-7-15-11(17)9-16-12(18)13(10-14)5-3-2-4-6-13/h7-8H,2-6,9H2,1H3,(H,16,18). The lowest BCUT2D eigenvalue weighted by Gasteiger charge is -2.29. The number of hydrogen-bond acceptors (Lipinski definition) is 3. The smallest absolute Gasteiger partial charge is 0.240 e. The number of nitriles is 1. The average molecular weight is 246 g/mol. The summed E-state index contributed by atoms with van der Waals surface area (Å²) in [5.74, 6) is 0.653. The highest BCUT2D eigenvalue weighted by Gasteiger charge is 2.39. The molecule has 1 fully saturated rings. The van der Waals surface area contributed by atoms with Crippen molar-refractivity contribution in [3.8, 4) is 6.07 Å². The Morgan fingerprint density at radius 3 is 2.83 bits per heavy atom. The van der Waals surface area contributed by atoms with Crippen LogP contribution in [0.2, 0.25) is 0 Å². The van der Waals surface area contributed by atoms with Gasteiger partial charge in [-0.05, 0) is 12.8 Å². The first-order chi connectivity index (χ1) is 8.68. The monoisotopic (exact) mass is 246 g/mol. The molecule has 1 N–H and O–H groups in total. The Labute approximate surface area is 107 Å². The Bertz CT molecular complexity index is 466. The lowest BCUT2D eigenvalue weighted by molar-refractivity contribution is -0.129. The Kier molecular flexibility index (Phi) is 3.66. The topological polar surface area (TPSA) is 70.7 Å². The van der Waals surface area contributed by atoms with E-state index in [4.69, 9.17) is 0 Å². The maximum atomic E-state index is 12.2. The fourth-order valence-corrected chi connectivity index (χ4v) is 2.44. The normalized spacial score (nSPS) is 18.0. The first-order valence-corrected chi connectivity index (χ1v) is 6.34. The molecule has 1 aromatic rings. The number of rotatable bonds is 3. The van der Waals surface area contributed by atoms with Gasteiger partial charge in [0, 0.05) is 19.4 Å². The number of imidazole rings is 1. The summed E-state index contributed by atoms with van der Waals surface area (Å²) in [6.07, 6.45) is 7.93. The van der Waals surface area contributed by atoms with Crippen LogP contribution in [0.4, 0.5) is 0 Å². The van der Waals surface area contributed by atoms with Crippen molar-refractivity contribution in [2.75, 3.05) is 0 Å². The van der Waals surface area contributed by atoms with Gasteiger partial charge >= 0.3 is 0 Å². The van der Waals surface area contributed by atoms with E-state index in [9.17, 15) is 10.1 Å². The predicted octanol–water partition coefficient (Wildman–Crippen LogP) is 1.51. The summed E-state index contributed by atoms with van der Waals surface area (Å²) in [5, 5.41) is 12.1. The first kappa shape index (κ1) is 12.6. The second-order valence-electron chi connectivity index (χ2n) is 4.89. The molecule has 0 spiro atoms. The van der Waals surface area contributed by atoms with Crippen molar-refractivity contribution in [2.24, 2.45) is 12.5 Å². The van der Waals surface area contributed by atoms with Gasteiger partial charge in [0.1, 0.15) is 11.2 Å². The molecule has 1 aliphatic rings. The number of aryl methyl sites for hydroxylation is 1. The molecule has 0 radical (unpaired) electrons. The summed E-state index contributed by atoms with van der Waals surface area (Å²) in [5.41, 5.74) is -0.816. The molecule has 1 aliphatic carbocycles. The quantitative estimate of drug-likeness (QED) is 0.878. The largest absolute Gasteiger partial charge is 0.347 e. The van der Waals surface area contributed by atoms with Crippen molar-refractivity contribution in [3.63, 3.8) is 0 Å². The summed E-state index contributed by atoms with van der Waals surface area (Å²) < 4.78 is 1.86. The molecule has 18 heavy (non-hydrogen) atoms. The molecule has 0 bridgehead atoms. The number of nitrogens with one attached hydrogen (secondary N) is 1. The van der Waals surface area contributed by atoms with E-state index in [1.54, 1.807) is 6.20 Å². The van der Waals surface area contributed by atoms with Crippen molar-refractivity contribution >= 4 is 5.91 Å². The number of aromatic nitrogens is 2. The van der Waals surface area contributed by atoms with Crippen LogP contribution in [0.3, 0.4) is 0 Å². The zero-order valence-corrected chi connectivity index (χ0v) is 10.6. The van der Waals surface area contributed by atoms with Crippen LogP contribution < -0.4 is 5.32 Å². The van der Waals surface area contributed by atoms with Crippen LogP contribution in [0.1, 0.15) is 37.9 Å². The Hall–Kier alpha value is -1.83. The van der Waals surface area contributed by atoms with Gasteiger partial charge in [-0.25, -0.2) is 4.98 Å². The van der Waals surface area contributed by atoms with Gasteiger partial charge < -0.3 is 9.88 Å². The van der Waals surface area contributed by atoms with Crippen molar-refractivity contribution < 1.29 is 4.79 Å². The highest BCUT2D eigenvalue weighted by molar-refractivity contribution is 5.85. The molecule has 5 nitrogen and oxygen atoms in total. The van der Waals surface area contributed by atoms with Gasteiger partial charge in [-0.15, -0.1) is 0 Å². The lowest BCUT2D eigenvalue weighted by Crippen LogP contribution is -2.41. The highest BCUT2D eigenvalue weighted by Crippen LogP contribution is 2.35. The molecular formula is C13H18N4O. The van der Waals surface area contributed by atoms with Gasteiger partial charge in [0.2, 0.25) is 5.91 Å². The van der Waals surface area contributed by atoms with Gasteiger partial charge in [0.05, 0.1) is 12.6 Å². The van der Waals surface area contributed by atoms with Gasteiger partial charge in [0.25, 0.3) is 0 Å². The molecule has 1 amide bonds. The van der Waals surface area contributed by atoms with Crippen molar-refractivity contribution in [2.45, 2.75) is 38.6 Å². The Morgan fingerprint density at radius 1 is 1.56 bits per heavy atom. The molecular weight excluding hydrogens is 228 g/mol. The van der Waals surface area contributed by atoms with Gasteiger partial charge in [-0.3, -0.25) is 4.79 Å². The van der Waals surface area contributed by atoms with E-state index in [-0.39, 0.29) is 5.91 Å². The van der Waals surface area contributed by atoms with Crippen LogP contribution >= 0.6 is 0 Å². The van der Waals surface area contributed by atoms with Crippen LogP contribution in [0, 0.1) is 16.7 Å². The van der Waals surface area contributed by atoms with E-state index in [0.717, 1.165) is 25.1 Å². The van der Waals surface area contributed by atoms with Crippen LogP contribution in [-0.2, 0) is 18.4 Å². The summed E-state index contributed by atoms with van der Waals surface area (Å²) in [4.78, 5) is 16.3. The molecule has 0 aromatic carbocycles. The molecule has 1 saturated carbocycles. The molecule has 5 heteroatoms. The molecule has 2 rings (SSSR count). The fourth-order valence-electron chi connectivity index (χ4n) is 2.44. The fraction of sp³-hybridized carbons (Fsp3) is 0.615. The molecule has 0 atom stereocenters. The van der Waals surface area contributed by atoms with E-state index in [1.165, 1.54) is 0 Å². The Morgan fingerprint density at radius 2 is 2.28 bits per heavy atom. The van der Waals surface area contributed by atoms with Crippen LogP contribution in [0.15, 0.2) is 12.4 Å². The van der Waals surface area contributed by atoms with Crippen molar-refractivity contribution in [3.05, 3.63) is 18.2 Å². The van der Waals surface area contributed by atoms with Gasteiger partial charge in [-0.2, -0.15) is 5.26 Å². The van der Waals surface area contributed by atoms with E-state index < -0.39 is 5.41 Å². The Balaban J connectivity index is 1.99. The molecule has 1 aromatic heterocycles. The number of carbonyl (C=O) groups excluding carboxylic acids is 1. The third kappa shape index (κ3) is 2.37. The summed E-state index contributed by atoms with van der Waals surface area (Å²) in [6.45, 7) is 0.381. The maximum absolute atomic E-state index is 12.2. The maximum Gasteiger partial charge on any atom is 0.240 e. The van der Waals surface area contributed by atoms with Gasteiger partial charge in [0.15, 0.2) is 0 Å². The van der Waals surface area contributed by atoms with Crippen LogP contribution in [0.25, 0.3) is 0 Å². The van der Waals surface area contributed by atoms with Crippen LogP contribution in [-0.4, -0.2) is 15.5 Å². The lowest BCUT2D eigenvalue weighted by atomic mass is 9.74. The van der Waals surface area contributed by atoms with E-state index in [2.05, 4.69) is 16.4 Å².